The van der Waals surface area contributed by atoms with Gasteiger partial charge in [0.2, 0.25) is 11.7 Å². The van der Waals surface area contributed by atoms with Crippen LogP contribution in [-0.4, -0.2) is 28.7 Å². The van der Waals surface area contributed by atoms with E-state index in [4.69, 9.17) is 16.1 Å². The van der Waals surface area contributed by atoms with E-state index < -0.39 is 0 Å². The molecule has 0 bridgehead atoms. The lowest BCUT2D eigenvalue weighted by atomic mass is 10.1. The van der Waals surface area contributed by atoms with Gasteiger partial charge in [-0.2, -0.15) is 10.2 Å². The Labute approximate surface area is 180 Å². The van der Waals surface area contributed by atoms with Gasteiger partial charge in [0, 0.05) is 23.2 Å². The third kappa shape index (κ3) is 5.81. The van der Waals surface area contributed by atoms with Gasteiger partial charge < -0.3 is 15.2 Å². The molecule has 2 atom stereocenters. The Balaban J connectivity index is 0.00000261. The van der Waals surface area contributed by atoms with E-state index in [0.29, 0.717) is 22.7 Å². The molecule has 7 nitrogen and oxygen atoms in total. The number of aromatic nitrogens is 2. The van der Waals surface area contributed by atoms with E-state index in [2.05, 4.69) is 31.8 Å². The average Bonchev–Trinajstić information content (AvgIpc) is 3.29. The van der Waals surface area contributed by atoms with Crippen molar-refractivity contribution in [1.82, 2.24) is 20.8 Å². The fourth-order valence-electron chi connectivity index (χ4n) is 2.96. The normalized spacial score (nSPS) is 19.2. The first-order chi connectivity index (χ1) is 12.7. The molecule has 1 aromatic heterocycles. The second-order valence-corrected chi connectivity index (χ2v) is 6.57. The van der Waals surface area contributed by atoms with E-state index in [0.717, 1.165) is 31.4 Å². The highest BCUT2D eigenvalue weighted by molar-refractivity contribution is 14.0. The van der Waals surface area contributed by atoms with Crippen LogP contribution >= 0.6 is 35.6 Å². The zero-order valence-corrected chi connectivity index (χ0v) is 18.1. The number of nitrogens with zero attached hydrogens (tertiary/aromatic N) is 4. The summed E-state index contributed by atoms with van der Waals surface area (Å²) in [5, 5.41) is 20.4. The zero-order chi connectivity index (χ0) is 18.4. The van der Waals surface area contributed by atoms with E-state index in [1.165, 1.54) is 0 Å². The molecule has 0 radical (unpaired) electrons. The van der Waals surface area contributed by atoms with Crippen molar-refractivity contribution in [3.63, 3.8) is 0 Å². The molecule has 2 N–H and O–H groups in total. The van der Waals surface area contributed by atoms with Crippen molar-refractivity contribution in [2.24, 2.45) is 10.9 Å². The summed E-state index contributed by atoms with van der Waals surface area (Å²) in [6.45, 7) is 2.99. The molecule has 0 amide bonds. The Morgan fingerprint density at radius 3 is 2.85 bits per heavy atom. The Morgan fingerprint density at radius 1 is 1.37 bits per heavy atom. The molecule has 2 aromatic rings. The SMILES string of the molecule is CCNC(=NCc1nc(-c2ccc(Cl)cc2)no1)NC1CCCC1C#N.I. The predicted molar refractivity (Wildman–Crippen MR) is 115 cm³/mol. The molecular formula is C18H22ClIN6O. The molecule has 27 heavy (non-hydrogen) atoms. The molecule has 144 valence electrons. The number of hydrogen-bond donors (Lipinski definition) is 2. The lowest BCUT2D eigenvalue weighted by Crippen LogP contribution is -2.44. The van der Waals surface area contributed by atoms with Gasteiger partial charge in [0.1, 0.15) is 6.54 Å². The largest absolute Gasteiger partial charge is 0.357 e. The molecule has 2 unspecified atom stereocenters. The molecule has 1 aliphatic carbocycles. The smallest absolute Gasteiger partial charge is 0.248 e. The highest BCUT2D eigenvalue weighted by Crippen LogP contribution is 2.24. The van der Waals surface area contributed by atoms with Crippen molar-refractivity contribution in [1.29, 1.82) is 5.26 Å². The maximum Gasteiger partial charge on any atom is 0.248 e. The first kappa shape index (κ1) is 21.4. The lowest BCUT2D eigenvalue weighted by molar-refractivity contribution is 0.380. The van der Waals surface area contributed by atoms with E-state index in [-0.39, 0.29) is 42.5 Å². The van der Waals surface area contributed by atoms with Crippen molar-refractivity contribution in [2.45, 2.75) is 38.8 Å². The van der Waals surface area contributed by atoms with Gasteiger partial charge in [0.25, 0.3) is 0 Å². The summed E-state index contributed by atoms with van der Waals surface area (Å²) in [5.41, 5.74) is 0.834. The molecule has 1 fully saturated rings. The summed E-state index contributed by atoms with van der Waals surface area (Å²) < 4.78 is 5.28. The third-order valence-corrected chi connectivity index (χ3v) is 4.54. The summed E-state index contributed by atoms with van der Waals surface area (Å²) >= 11 is 5.89. The van der Waals surface area contributed by atoms with E-state index in [1.54, 1.807) is 12.1 Å². The molecule has 0 aliphatic heterocycles. The minimum atomic E-state index is 0. The summed E-state index contributed by atoms with van der Waals surface area (Å²) in [6.07, 6.45) is 2.97. The number of halogens is 2. The van der Waals surface area contributed by atoms with Gasteiger partial charge in [-0.3, -0.25) is 0 Å². The number of benzene rings is 1. The first-order valence-electron chi connectivity index (χ1n) is 8.72. The van der Waals surface area contributed by atoms with Crippen molar-refractivity contribution in [2.75, 3.05) is 6.54 Å². The van der Waals surface area contributed by atoms with Crippen LogP contribution in [-0.2, 0) is 6.54 Å². The minimum absolute atomic E-state index is 0. The summed E-state index contributed by atoms with van der Waals surface area (Å²) in [5.74, 6) is 1.62. The Morgan fingerprint density at radius 2 is 2.15 bits per heavy atom. The zero-order valence-electron chi connectivity index (χ0n) is 15.0. The van der Waals surface area contributed by atoms with Crippen LogP contribution in [0.15, 0.2) is 33.8 Å². The van der Waals surface area contributed by atoms with Crippen molar-refractivity contribution >= 4 is 41.5 Å². The maximum absolute atomic E-state index is 9.22. The third-order valence-electron chi connectivity index (χ3n) is 4.29. The number of guanidine groups is 1. The second kappa shape index (κ2) is 10.5. The van der Waals surface area contributed by atoms with Crippen LogP contribution in [0, 0.1) is 17.2 Å². The fourth-order valence-corrected chi connectivity index (χ4v) is 3.09. The van der Waals surface area contributed by atoms with Crippen LogP contribution in [0.25, 0.3) is 11.4 Å². The molecule has 1 saturated carbocycles. The molecule has 9 heteroatoms. The average molecular weight is 501 g/mol. The molecule has 0 spiro atoms. The van der Waals surface area contributed by atoms with Crippen LogP contribution in [0.2, 0.25) is 5.02 Å². The van der Waals surface area contributed by atoms with Gasteiger partial charge in [0.15, 0.2) is 5.96 Å². The standard InChI is InChI=1S/C18H21ClN6O.HI/c1-2-21-18(23-15-5-3-4-13(15)10-20)22-11-16-24-17(25-26-16)12-6-8-14(19)9-7-12;/h6-9,13,15H,2-5,11H2,1H3,(H2,21,22,23);1H. The van der Waals surface area contributed by atoms with Crippen molar-refractivity contribution in [3.8, 4) is 17.5 Å². The number of nitriles is 1. The topological polar surface area (TPSA) is 99.1 Å². The number of nitrogens with one attached hydrogen (secondary N) is 2. The Hall–Kier alpha value is -1.86. The molecule has 3 rings (SSSR count). The van der Waals surface area contributed by atoms with E-state index >= 15 is 0 Å². The van der Waals surface area contributed by atoms with Gasteiger partial charge in [0.05, 0.1) is 12.0 Å². The predicted octanol–water partition coefficient (Wildman–Crippen LogP) is 3.76. The van der Waals surface area contributed by atoms with Crippen LogP contribution in [0.3, 0.4) is 0 Å². The Bertz CT molecular complexity index is 801. The van der Waals surface area contributed by atoms with Gasteiger partial charge in [-0.05, 0) is 50.5 Å². The fraction of sp³-hybridized carbons (Fsp3) is 0.444. The Kier molecular flexibility index (Phi) is 8.31. The maximum atomic E-state index is 9.22. The number of rotatable bonds is 5. The van der Waals surface area contributed by atoms with Crippen LogP contribution < -0.4 is 10.6 Å². The highest BCUT2D eigenvalue weighted by Gasteiger charge is 2.27. The number of hydrogen-bond acceptors (Lipinski definition) is 5. The van der Waals surface area contributed by atoms with Gasteiger partial charge in [-0.15, -0.1) is 24.0 Å². The van der Waals surface area contributed by atoms with Crippen LogP contribution in [0.1, 0.15) is 32.1 Å². The summed E-state index contributed by atoms with van der Waals surface area (Å²) in [6, 6.07) is 9.74. The summed E-state index contributed by atoms with van der Waals surface area (Å²) in [4.78, 5) is 8.87. The van der Waals surface area contributed by atoms with E-state index in [9.17, 15) is 5.26 Å². The van der Waals surface area contributed by atoms with Gasteiger partial charge in [-0.25, -0.2) is 4.99 Å². The molecular weight excluding hydrogens is 479 g/mol. The molecule has 0 saturated heterocycles. The van der Waals surface area contributed by atoms with Gasteiger partial charge >= 0.3 is 0 Å². The minimum Gasteiger partial charge on any atom is -0.357 e. The van der Waals surface area contributed by atoms with Crippen molar-refractivity contribution in [3.05, 3.63) is 35.2 Å². The van der Waals surface area contributed by atoms with Crippen molar-refractivity contribution < 1.29 is 4.52 Å². The molecule has 1 heterocycles. The second-order valence-electron chi connectivity index (χ2n) is 6.13. The summed E-state index contributed by atoms with van der Waals surface area (Å²) in [7, 11) is 0. The molecule has 1 aromatic carbocycles. The number of aliphatic imine (C=N–C) groups is 1. The van der Waals surface area contributed by atoms with Gasteiger partial charge in [-0.1, -0.05) is 16.8 Å². The highest BCUT2D eigenvalue weighted by atomic mass is 127. The van der Waals surface area contributed by atoms with E-state index in [1.807, 2.05) is 19.1 Å². The molecule has 1 aliphatic rings. The van der Waals surface area contributed by atoms with Crippen LogP contribution in [0.4, 0.5) is 0 Å². The monoisotopic (exact) mass is 500 g/mol. The lowest BCUT2D eigenvalue weighted by Gasteiger charge is -2.19. The quantitative estimate of drug-likeness (QED) is 0.368. The van der Waals surface area contributed by atoms with Crippen LogP contribution in [0.5, 0.6) is 0 Å². The first-order valence-corrected chi connectivity index (χ1v) is 9.10.